The summed E-state index contributed by atoms with van der Waals surface area (Å²) in [4.78, 5) is 28.9. The number of rotatable bonds is 8. The molecular weight excluding hydrogens is 516 g/mol. The Morgan fingerprint density at radius 1 is 1.03 bits per heavy atom. The van der Waals surface area contributed by atoms with Crippen molar-refractivity contribution in [1.29, 1.82) is 0 Å². The third kappa shape index (κ3) is 5.90. The maximum Gasteiger partial charge on any atom is 0.326 e. The highest BCUT2D eigenvalue weighted by atomic mass is 35.5. The van der Waals surface area contributed by atoms with Crippen LogP contribution in [0, 0.1) is 17.3 Å². The van der Waals surface area contributed by atoms with Crippen molar-refractivity contribution in [2.24, 2.45) is 17.3 Å². The van der Waals surface area contributed by atoms with Crippen LogP contribution in [-0.2, 0) is 16.1 Å². The van der Waals surface area contributed by atoms with E-state index in [1.807, 2.05) is 36.4 Å². The number of carbonyl (C=O) groups excluding carboxylic acids is 1. The van der Waals surface area contributed by atoms with E-state index in [1.165, 1.54) is 0 Å². The largest absolute Gasteiger partial charge is 0.495 e. The normalized spacial score (nSPS) is 24.0. The zero-order chi connectivity index (χ0) is 28.3. The van der Waals surface area contributed by atoms with E-state index in [-0.39, 0.29) is 23.8 Å². The first-order chi connectivity index (χ1) is 18.6. The molecule has 1 aliphatic heterocycles. The fourth-order valence-electron chi connectivity index (χ4n) is 6.61. The van der Waals surface area contributed by atoms with Crippen molar-refractivity contribution in [3.8, 4) is 11.5 Å². The molecular formula is C31H41ClN2O5. The van der Waals surface area contributed by atoms with E-state index in [4.69, 9.17) is 21.1 Å². The summed E-state index contributed by atoms with van der Waals surface area (Å²) in [6, 6.07) is 11.8. The second-order valence-electron chi connectivity index (χ2n) is 11.8. The Labute approximate surface area is 236 Å². The van der Waals surface area contributed by atoms with Gasteiger partial charge in [-0.2, -0.15) is 0 Å². The van der Waals surface area contributed by atoms with Crippen molar-refractivity contribution in [2.75, 3.05) is 14.2 Å². The predicted molar refractivity (Wildman–Crippen MR) is 152 cm³/mol. The van der Waals surface area contributed by atoms with Crippen molar-refractivity contribution in [1.82, 2.24) is 10.2 Å². The molecule has 2 N–H and O–H groups in total. The Morgan fingerprint density at radius 3 is 2.26 bits per heavy atom. The standard InChI is InChI=1S/C31H41ClN2O5/c1-31(2,3)23-25(33-18-21-16-17-22(38-4)24(32)28(21)39-5)26(19-12-8-6-9-13-19)34(27(23)30(36)37)29(35)20-14-10-7-11-15-20/h6,8-9,12-13,16-17,20,23,25-27,33H,7,10-11,14-15,18H2,1-5H3,(H,36,37). The van der Waals surface area contributed by atoms with Gasteiger partial charge in [0.15, 0.2) is 0 Å². The Bertz CT molecular complexity index is 1160. The van der Waals surface area contributed by atoms with Gasteiger partial charge in [-0.15, -0.1) is 0 Å². The van der Waals surface area contributed by atoms with E-state index in [0.717, 1.165) is 43.2 Å². The zero-order valence-electron chi connectivity index (χ0n) is 23.6. The third-order valence-electron chi connectivity index (χ3n) is 8.37. The molecule has 0 aromatic heterocycles. The minimum Gasteiger partial charge on any atom is -0.495 e. The minimum atomic E-state index is -0.964. The molecule has 2 fully saturated rings. The molecule has 39 heavy (non-hydrogen) atoms. The fraction of sp³-hybridized carbons (Fsp3) is 0.548. The Balaban J connectivity index is 1.80. The van der Waals surface area contributed by atoms with Gasteiger partial charge in [-0.1, -0.05) is 88.0 Å². The molecule has 4 unspecified atom stereocenters. The number of halogens is 1. The maximum absolute atomic E-state index is 14.2. The molecule has 1 heterocycles. The summed E-state index contributed by atoms with van der Waals surface area (Å²) in [7, 11) is 3.12. The van der Waals surface area contributed by atoms with E-state index in [2.05, 4.69) is 26.1 Å². The van der Waals surface area contributed by atoms with Crippen molar-refractivity contribution >= 4 is 23.5 Å². The number of nitrogens with one attached hydrogen (secondary N) is 1. The summed E-state index contributed by atoms with van der Waals surface area (Å²) in [6.45, 7) is 6.56. The van der Waals surface area contributed by atoms with Gasteiger partial charge in [0.1, 0.15) is 22.6 Å². The quantitative estimate of drug-likeness (QED) is 0.409. The Hall–Kier alpha value is -2.77. The molecule has 1 amide bonds. The number of hydrogen-bond acceptors (Lipinski definition) is 5. The molecule has 212 valence electrons. The molecule has 4 rings (SSSR count). The summed E-state index contributed by atoms with van der Waals surface area (Å²) >= 11 is 6.54. The lowest BCUT2D eigenvalue weighted by Crippen LogP contribution is -2.49. The van der Waals surface area contributed by atoms with Gasteiger partial charge in [0.05, 0.1) is 20.3 Å². The number of carboxylic acids is 1. The monoisotopic (exact) mass is 556 g/mol. The highest BCUT2D eigenvalue weighted by Crippen LogP contribution is 2.49. The highest BCUT2D eigenvalue weighted by Gasteiger charge is 2.58. The van der Waals surface area contributed by atoms with Crippen molar-refractivity contribution < 1.29 is 24.2 Å². The number of carboxylic acid groups (broad SMARTS) is 1. The first-order valence-electron chi connectivity index (χ1n) is 13.8. The van der Waals surface area contributed by atoms with E-state index in [9.17, 15) is 14.7 Å². The number of likely N-dealkylation sites (tertiary alicyclic amines) is 1. The molecule has 1 aliphatic carbocycles. The van der Waals surface area contributed by atoms with Gasteiger partial charge in [-0.25, -0.2) is 4.79 Å². The van der Waals surface area contributed by atoms with Crippen molar-refractivity contribution in [3.05, 3.63) is 58.6 Å². The smallest absolute Gasteiger partial charge is 0.326 e. The lowest BCUT2D eigenvalue weighted by atomic mass is 9.72. The Morgan fingerprint density at radius 2 is 1.69 bits per heavy atom. The van der Waals surface area contributed by atoms with Crippen LogP contribution in [-0.4, -0.2) is 48.2 Å². The molecule has 4 atom stereocenters. The second kappa shape index (κ2) is 12.2. The third-order valence-corrected chi connectivity index (χ3v) is 8.72. The summed E-state index contributed by atoms with van der Waals surface area (Å²) in [6.07, 6.45) is 4.74. The number of carbonyl (C=O) groups is 2. The van der Waals surface area contributed by atoms with Crippen LogP contribution in [0.3, 0.4) is 0 Å². The Kier molecular flexibility index (Phi) is 9.12. The zero-order valence-corrected chi connectivity index (χ0v) is 24.3. The first-order valence-corrected chi connectivity index (χ1v) is 14.2. The van der Waals surface area contributed by atoms with Gasteiger partial charge >= 0.3 is 5.97 Å². The van der Waals surface area contributed by atoms with Crippen LogP contribution in [0.1, 0.15) is 70.0 Å². The average Bonchev–Trinajstić information content (AvgIpc) is 3.28. The van der Waals surface area contributed by atoms with Gasteiger partial charge in [0.2, 0.25) is 5.91 Å². The van der Waals surface area contributed by atoms with Crippen LogP contribution in [0.25, 0.3) is 0 Å². The number of ether oxygens (including phenoxy) is 2. The van der Waals surface area contributed by atoms with Gasteiger partial charge < -0.3 is 24.8 Å². The summed E-state index contributed by atoms with van der Waals surface area (Å²) in [5, 5.41) is 14.7. The van der Waals surface area contributed by atoms with Gasteiger partial charge in [-0.3, -0.25) is 4.79 Å². The summed E-state index contributed by atoms with van der Waals surface area (Å²) in [5.74, 6) is -0.480. The first kappa shape index (κ1) is 29.2. The SMILES string of the molecule is COc1ccc(CNC2C(c3ccccc3)N(C(=O)C3CCCCC3)C(C(=O)O)C2C(C)(C)C)c(OC)c1Cl. The van der Waals surface area contributed by atoms with Crippen LogP contribution in [0.4, 0.5) is 0 Å². The van der Waals surface area contributed by atoms with E-state index in [0.29, 0.717) is 23.1 Å². The molecule has 0 bridgehead atoms. The van der Waals surface area contributed by atoms with Gasteiger partial charge in [0.25, 0.3) is 0 Å². The lowest BCUT2D eigenvalue weighted by molar-refractivity contribution is -0.154. The van der Waals surface area contributed by atoms with E-state index >= 15 is 0 Å². The molecule has 0 radical (unpaired) electrons. The van der Waals surface area contributed by atoms with Gasteiger partial charge in [0, 0.05) is 30.0 Å². The lowest BCUT2D eigenvalue weighted by Gasteiger charge is -2.36. The molecule has 2 aromatic rings. The van der Waals surface area contributed by atoms with Crippen molar-refractivity contribution in [3.63, 3.8) is 0 Å². The highest BCUT2D eigenvalue weighted by molar-refractivity contribution is 6.33. The molecule has 8 heteroatoms. The molecule has 1 saturated carbocycles. The minimum absolute atomic E-state index is 0.0421. The van der Waals surface area contributed by atoms with Crippen LogP contribution in [0.5, 0.6) is 11.5 Å². The van der Waals surface area contributed by atoms with Crippen LogP contribution in [0.15, 0.2) is 42.5 Å². The van der Waals surface area contributed by atoms with E-state index in [1.54, 1.807) is 25.2 Å². The fourth-order valence-corrected chi connectivity index (χ4v) is 6.95. The van der Waals surface area contributed by atoms with Crippen molar-refractivity contribution in [2.45, 2.75) is 77.5 Å². The summed E-state index contributed by atoms with van der Waals surface area (Å²) < 4.78 is 11.0. The average molecular weight is 557 g/mol. The molecule has 2 aromatic carbocycles. The number of nitrogens with zero attached hydrogens (tertiary/aromatic N) is 1. The van der Waals surface area contributed by atoms with Crippen LogP contribution in [0.2, 0.25) is 5.02 Å². The number of benzene rings is 2. The summed E-state index contributed by atoms with van der Waals surface area (Å²) in [5.41, 5.74) is 1.35. The number of aliphatic carboxylic acids is 1. The van der Waals surface area contributed by atoms with E-state index < -0.39 is 23.5 Å². The number of hydrogen-bond donors (Lipinski definition) is 2. The molecule has 0 spiro atoms. The maximum atomic E-state index is 14.2. The second-order valence-corrected chi connectivity index (χ2v) is 12.2. The molecule has 1 saturated heterocycles. The van der Waals surface area contributed by atoms with Gasteiger partial charge in [-0.05, 0) is 29.9 Å². The topological polar surface area (TPSA) is 88.1 Å². The van der Waals surface area contributed by atoms with Crippen LogP contribution < -0.4 is 14.8 Å². The number of methoxy groups -OCH3 is 2. The molecule has 7 nitrogen and oxygen atoms in total. The predicted octanol–water partition coefficient (Wildman–Crippen LogP) is 6.09. The number of amides is 1. The molecule has 2 aliphatic rings. The van der Waals surface area contributed by atoms with Crippen LogP contribution >= 0.6 is 11.6 Å².